The van der Waals surface area contributed by atoms with E-state index in [-0.39, 0.29) is 12.4 Å². The molecular weight excluding hydrogens is 333 g/mol. The summed E-state index contributed by atoms with van der Waals surface area (Å²) in [6.45, 7) is 0.778. The molecule has 0 saturated heterocycles. The number of hydrogen-bond donors (Lipinski definition) is 0. The lowest BCUT2D eigenvalue weighted by Crippen LogP contribution is -3.00. The zero-order chi connectivity index (χ0) is 11.3. The average molecular weight is 350 g/mol. The number of halogens is 2. The third kappa shape index (κ3) is 4.73. The summed E-state index contributed by atoms with van der Waals surface area (Å²) in [6.07, 6.45) is 6.44. The largest absolute Gasteiger partial charge is 1.00 e. The van der Waals surface area contributed by atoms with Crippen molar-refractivity contribution in [3.63, 3.8) is 0 Å². The van der Waals surface area contributed by atoms with Crippen LogP contribution in [0.15, 0.2) is 30.3 Å². The maximum absolute atomic E-state index is 5.38. The fourth-order valence-corrected chi connectivity index (χ4v) is 2.10. The van der Waals surface area contributed by atoms with Gasteiger partial charge in [-0.1, -0.05) is 30.3 Å². The first-order valence-electron chi connectivity index (χ1n) is 5.00. The molecule has 0 amide bonds. The van der Waals surface area contributed by atoms with E-state index in [9.17, 15) is 0 Å². The van der Waals surface area contributed by atoms with Crippen molar-refractivity contribution in [1.82, 2.24) is 0 Å². The summed E-state index contributed by atoms with van der Waals surface area (Å²) >= 11 is 2.49. The Bertz CT molecular complexity index is 343. The molecule has 1 nitrogen and oxygen atoms in total. The summed E-state index contributed by atoms with van der Waals surface area (Å²) in [5, 5.41) is 0. The van der Waals surface area contributed by atoms with Gasteiger partial charge >= 0.3 is 0 Å². The quantitative estimate of drug-likeness (QED) is 0.230. The van der Waals surface area contributed by atoms with Gasteiger partial charge in [-0.2, -0.15) is 0 Å². The SMILES string of the molecule is C#CC[N+](C)(C)C(I)Cc1ccccc1.[Cl-]. The number of quaternary nitrogens is 1. The lowest BCUT2D eigenvalue weighted by molar-refractivity contribution is -0.889. The minimum Gasteiger partial charge on any atom is -1.00 e. The standard InChI is InChI=1S/C13H17IN.ClH/c1-4-10-15(2,3)13(14)11-12-8-6-5-7-9-12;/h1,5-9,13H,10-11H2,2-3H3;1H/q+1;/p-1. The van der Waals surface area contributed by atoms with E-state index < -0.39 is 0 Å². The molecule has 1 aromatic carbocycles. The van der Waals surface area contributed by atoms with Crippen LogP contribution in [0.1, 0.15) is 5.56 Å². The van der Waals surface area contributed by atoms with E-state index in [0.29, 0.717) is 4.05 Å². The zero-order valence-corrected chi connectivity index (χ0v) is 12.6. The number of nitrogens with zero attached hydrogens (tertiary/aromatic N) is 1. The Labute approximate surface area is 118 Å². The van der Waals surface area contributed by atoms with Gasteiger partial charge < -0.3 is 16.9 Å². The van der Waals surface area contributed by atoms with Crippen LogP contribution in [0.3, 0.4) is 0 Å². The van der Waals surface area contributed by atoms with Crippen LogP contribution >= 0.6 is 22.6 Å². The first kappa shape index (κ1) is 15.8. The number of rotatable bonds is 4. The Kier molecular flexibility index (Phi) is 7.05. The Morgan fingerprint density at radius 1 is 1.31 bits per heavy atom. The second-order valence-corrected chi connectivity index (χ2v) is 5.70. The fraction of sp³-hybridized carbons (Fsp3) is 0.385. The predicted octanol–water partition coefficient (Wildman–Crippen LogP) is -0.296. The number of hydrogen-bond acceptors (Lipinski definition) is 0. The molecule has 1 aromatic rings. The van der Waals surface area contributed by atoms with E-state index in [2.05, 4.69) is 66.9 Å². The first-order valence-corrected chi connectivity index (χ1v) is 6.25. The molecule has 1 unspecified atom stereocenters. The molecule has 0 fully saturated rings. The van der Waals surface area contributed by atoms with Crippen LogP contribution in [0.2, 0.25) is 0 Å². The third-order valence-electron chi connectivity index (χ3n) is 2.50. The molecule has 0 aliphatic rings. The normalized spacial score (nSPS) is 12.4. The maximum atomic E-state index is 5.38. The number of likely N-dealkylation sites (N-methyl/N-ethyl adjacent to an activating group) is 1. The van der Waals surface area contributed by atoms with Gasteiger partial charge in [-0.25, -0.2) is 0 Å². The van der Waals surface area contributed by atoms with E-state index in [4.69, 9.17) is 6.42 Å². The molecule has 88 valence electrons. The molecule has 0 saturated carbocycles. The van der Waals surface area contributed by atoms with E-state index >= 15 is 0 Å². The highest BCUT2D eigenvalue weighted by atomic mass is 127. The topological polar surface area (TPSA) is 0 Å². The lowest BCUT2D eigenvalue weighted by Gasteiger charge is -2.33. The van der Waals surface area contributed by atoms with Crippen LogP contribution < -0.4 is 12.4 Å². The minimum atomic E-state index is 0. The van der Waals surface area contributed by atoms with Gasteiger partial charge in [0.1, 0.15) is 10.6 Å². The average Bonchev–Trinajstić information content (AvgIpc) is 2.19. The molecule has 0 radical (unpaired) electrons. The van der Waals surface area contributed by atoms with Crippen molar-refractivity contribution in [1.29, 1.82) is 0 Å². The monoisotopic (exact) mass is 349 g/mol. The van der Waals surface area contributed by atoms with Gasteiger partial charge in [0.05, 0.1) is 14.1 Å². The van der Waals surface area contributed by atoms with Crippen molar-refractivity contribution >= 4 is 22.6 Å². The number of alkyl halides is 1. The molecule has 0 bridgehead atoms. The van der Waals surface area contributed by atoms with Gasteiger partial charge in [0.25, 0.3) is 0 Å². The van der Waals surface area contributed by atoms with Gasteiger partial charge in [0, 0.05) is 6.42 Å². The van der Waals surface area contributed by atoms with Gasteiger partial charge in [0.2, 0.25) is 0 Å². The van der Waals surface area contributed by atoms with Crippen LogP contribution in [0.5, 0.6) is 0 Å². The summed E-state index contributed by atoms with van der Waals surface area (Å²) in [6, 6.07) is 10.6. The molecular formula is C13H17ClIN. The Morgan fingerprint density at radius 3 is 2.38 bits per heavy atom. The zero-order valence-electron chi connectivity index (χ0n) is 9.66. The second kappa shape index (κ2) is 7.16. The van der Waals surface area contributed by atoms with Crippen molar-refractivity contribution in [2.24, 2.45) is 0 Å². The van der Waals surface area contributed by atoms with Crippen molar-refractivity contribution in [3.05, 3.63) is 35.9 Å². The molecule has 0 aliphatic carbocycles. The van der Waals surface area contributed by atoms with Crippen LogP contribution in [0.4, 0.5) is 0 Å². The highest BCUT2D eigenvalue weighted by Crippen LogP contribution is 2.18. The molecule has 16 heavy (non-hydrogen) atoms. The van der Waals surface area contributed by atoms with Crippen molar-refractivity contribution in [3.8, 4) is 12.3 Å². The van der Waals surface area contributed by atoms with Crippen LogP contribution in [-0.4, -0.2) is 29.2 Å². The second-order valence-electron chi connectivity index (χ2n) is 4.27. The third-order valence-corrected chi connectivity index (χ3v) is 4.45. The summed E-state index contributed by atoms with van der Waals surface area (Å²) in [4.78, 5) is 0. The van der Waals surface area contributed by atoms with Crippen LogP contribution in [0.25, 0.3) is 0 Å². The smallest absolute Gasteiger partial charge is 0.144 e. The van der Waals surface area contributed by atoms with Crippen molar-refractivity contribution < 1.29 is 16.9 Å². The highest BCUT2D eigenvalue weighted by Gasteiger charge is 2.24. The van der Waals surface area contributed by atoms with Crippen LogP contribution in [0, 0.1) is 12.3 Å². The van der Waals surface area contributed by atoms with Crippen molar-refractivity contribution in [2.45, 2.75) is 10.5 Å². The van der Waals surface area contributed by atoms with E-state index in [1.54, 1.807) is 0 Å². The summed E-state index contributed by atoms with van der Waals surface area (Å²) < 4.78 is 1.38. The van der Waals surface area contributed by atoms with E-state index in [1.807, 2.05) is 6.07 Å². The van der Waals surface area contributed by atoms with Gasteiger partial charge in [0.15, 0.2) is 0 Å². The number of terminal acetylenes is 1. The summed E-state index contributed by atoms with van der Waals surface area (Å²) in [5.74, 6) is 2.74. The van der Waals surface area contributed by atoms with Crippen molar-refractivity contribution in [2.75, 3.05) is 20.6 Å². The van der Waals surface area contributed by atoms with E-state index in [0.717, 1.165) is 17.4 Å². The molecule has 0 aliphatic heterocycles. The summed E-state index contributed by atoms with van der Waals surface area (Å²) in [7, 11) is 4.36. The van der Waals surface area contributed by atoms with Gasteiger partial charge in [-0.05, 0) is 34.1 Å². The molecule has 0 N–H and O–H groups in total. The number of benzene rings is 1. The Balaban J connectivity index is 0.00000225. The minimum absolute atomic E-state index is 0. The Hall–Kier alpha value is -0.240. The molecule has 0 heterocycles. The maximum Gasteiger partial charge on any atom is 0.144 e. The highest BCUT2D eigenvalue weighted by molar-refractivity contribution is 14.1. The molecule has 3 heteroatoms. The first-order chi connectivity index (χ1) is 7.06. The van der Waals surface area contributed by atoms with Gasteiger partial charge in [-0.3, -0.25) is 0 Å². The molecule has 0 aromatic heterocycles. The molecule has 0 spiro atoms. The lowest BCUT2D eigenvalue weighted by atomic mass is 10.1. The Morgan fingerprint density at radius 2 is 1.88 bits per heavy atom. The molecule has 1 atom stereocenters. The fourth-order valence-electron chi connectivity index (χ4n) is 1.39. The van der Waals surface area contributed by atoms with E-state index in [1.165, 1.54) is 5.56 Å². The van der Waals surface area contributed by atoms with Crippen LogP contribution in [-0.2, 0) is 6.42 Å². The molecule has 1 rings (SSSR count). The predicted molar refractivity (Wildman–Crippen MR) is 73.8 cm³/mol. The summed E-state index contributed by atoms with van der Waals surface area (Å²) in [5.41, 5.74) is 1.38. The van der Waals surface area contributed by atoms with Gasteiger partial charge in [-0.15, -0.1) is 6.42 Å².